The maximum atomic E-state index is 10.9. The molecule has 0 saturated heterocycles. The second-order valence-corrected chi connectivity index (χ2v) is 3.49. The van der Waals surface area contributed by atoms with Gasteiger partial charge in [0.25, 0.3) is 5.24 Å². The molecule has 0 unspecified atom stereocenters. The Bertz CT molecular complexity index is 444. The predicted molar refractivity (Wildman–Crippen MR) is 68.2 cm³/mol. The van der Waals surface area contributed by atoms with E-state index in [2.05, 4.69) is 11.6 Å². The van der Waals surface area contributed by atoms with Crippen LogP contribution in [0, 0.1) is 0 Å². The Hall–Kier alpha value is -1.67. The topological polar surface area (TPSA) is 29.4 Å². The number of halogens is 1. The highest BCUT2D eigenvalue weighted by atomic mass is 35.5. The summed E-state index contributed by atoms with van der Waals surface area (Å²) in [6.45, 7) is 5.45. The molecule has 1 rings (SSSR count). The fraction of sp³-hybridized carbons (Fsp3) is 0.0769. The molecule has 0 N–H and O–H groups in total. The van der Waals surface area contributed by atoms with E-state index in [0.717, 1.165) is 11.3 Å². The minimum atomic E-state index is -0.451. The highest BCUT2D eigenvalue weighted by Gasteiger charge is 2.01. The summed E-state index contributed by atoms with van der Waals surface area (Å²) < 4.78 is 0. The first-order chi connectivity index (χ1) is 7.65. The zero-order chi connectivity index (χ0) is 12.0. The molecular formula is C13H12ClNO. The van der Waals surface area contributed by atoms with Gasteiger partial charge in [-0.15, -0.1) is 0 Å². The monoisotopic (exact) mass is 233 g/mol. The van der Waals surface area contributed by atoms with Gasteiger partial charge in [-0.05, 0) is 42.3 Å². The lowest BCUT2D eigenvalue weighted by molar-refractivity contribution is 0.108. The van der Waals surface area contributed by atoms with E-state index >= 15 is 0 Å². The van der Waals surface area contributed by atoms with Crippen molar-refractivity contribution in [2.75, 3.05) is 0 Å². The van der Waals surface area contributed by atoms with E-state index in [-0.39, 0.29) is 0 Å². The Morgan fingerprint density at radius 2 is 1.88 bits per heavy atom. The number of aliphatic imine (C=N–C) groups is 1. The van der Waals surface area contributed by atoms with Gasteiger partial charge in [-0.25, -0.2) is 0 Å². The molecule has 0 aliphatic carbocycles. The molecule has 0 radical (unpaired) electrons. The van der Waals surface area contributed by atoms with Crippen LogP contribution in [0.4, 0.5) is 0 Å². The molecule has 1 aromatic rings. The van der Waals surface area contributed by atoms with Gasteiger partial charge in [0, 0.05) is 17.5 Å². The quantitative estimate of drug-likeness (QED) is 0.444. The van der Waals surface area contributed by atoms with Crippen molar-refractivity contribution in [1.82, 2.24) is 0 Å². The lowest BCUT2D eigenvalue weighted by Crippen LogP contribution is -1.95. The molecule has 0 heterocycles. The van der Waals surface area contributed by atoms with Gasteiger partial charge >= 0.3 is 0 Å². The summed E-state index contributed by atoms with van der Waals surface area (Å²) in [5, 5.41) is -0.451. The van der Waals surface area contributed by atoms with E-state index in [4.69, 9.17) is 11.6 Å². The van der Waals surface area contributed by atoms with Gasteiger partial charge in [-0.3, -0.25) is 9.79 Å². The maximum Gasteiger partial charge on any atom is 0.252 e. The van der Waals surface area contributed by atoms with E-state index in [1.807, 2.05) is 19.1 Å². The lowest BCUT2D eigenvalue weighted by atomic mass is 10.1. The van der Waals surface area contributed by atoms with Crippen LogP contribution in [0.3, 0.4) is 0 Å². The van der Waals surface area contributed by atoms with E-state index in [0.29, 0.717) is 5.56 Å². The molecule has 3 heteroatoms. The molecule has 0 aliphatic heterocycles. The smallest absolute Gasteiger partial charge is 0.252 e. The van der Waals surface area contributed by atoms with Crippen LogP contribution in [0.1, 0.15) is 22.8 Å². The van der Waals surface area contributed by atoms with Crippen LogP contribution in [-0.2, 0) is 0 Å². The summed E-state index contributed by atoms with van der Waals surface area (Å²) in [4.78, 5) is 15.1. The number of carbonyl (C=O) groups is 1. The lowest BCUT2D eigenvalue weighted by Gasteiger charge is -1.99. The molecule has 0 bridgehead atoms. The first-order valence-corrected chi connectivity index (χ1v) is 5.15. The molecule has 0 fully saturated rings. The second kappa shape index (κ2) is 6.03. The minimum absolute atomic E-state index is 0.451. The van der Waals surface area contributed by atoms with Crippen LogP contribution in [0.5, 0.6) is 0 Å². The van der Waals surface area contributed by atoms with Crippen LogP contribution < -0.4 is 0 Å². The number of hydrogen-bond donors (Lipinski definition) is 0. The summed E-state index contributed by atoms with van der Waals surface area (Å²) in [5.41, 5.74) is 2.31. The molecule has 82 valence electrons. The third-order valence-corrected chi connectivity index (χ3v) is 2.24. The van der Waals surface area contributed by atoms with E-state index in [1.54, 1.807) is 30.5 Å². The van der Waals surface area contributed by atoms with Crippen LogP contribution >= 0.6 is 11.6 Å². The standard InChI is InChI=1S/C13H12ClNO/c1-3-4-9-15-10(2)11-5-7-12(8-6-11)13(14)16/h3-9H,1H2,2H3/b9-4-,15-10+. The number of nitrogens with zero attached hydrogens (tertiary/aromatic N) is 1. The van der Waals surface area contributed by atoms with Crippen molar-refractivity contribution in [3.63, 3.8) is 0 Å². The molecular weight excluding hydrogens is 222 g/mol. The van der Waals surface area contributed by atoms with E-state index in [9.17, 15) is 4.79 Å². The van der Waals surface area contributed by atoms with Crippen molar-refractivity contribution < 1.29 is 4.79 Å². The SMILES string of the molecule is C=C/C=C\N=C(/C)c1ccc(C(=O)Cl)cc1. The van der Waals surface area contributed by atoms with Gasteiger partial charge in [-0.1, -0.05) is 24.8 Å². The number of hydrogen-bond acceptors (Lipinski definition) is 2. The fourth-order valence-corrected chi connectivity index (χ4v) is 1.26. The highest BCUT2D eigenvalue weighted by molar-refractivity contribution is 6.67. The van der Waals surface area contributed by atoms with Gasteiger partial charge in [0.2, 0.25) is 0 Å². The first kappa shape index (κ1) is 12.4. The Morgan fingerprint density at radius 3 is 2.38 bits per heavy atom. The number of benzene rings is 1. The largest absolute Gasteiger partial charge is 0.276 e. The molecule has 0 aliphatic rings. The summed E-state index contributed by atoms with van der Waals surface area (Å²) in [7, 11) is 0. The first-order valence-electron chi connectivity index (χ1n) is 4.77. The average Bonchev–Trinajstić information content (AvgIpc) is 2.29. The van der Waals surface area contributed by atoms with Crippen molar-refractivity contribution in [2.45, 2.75) is 6.92 Å². The van der Waals surface area contributed by atoms with Crippen molar-refractivity contribution in [3.8, 4) is 0 Å². The summed E-state index contributed by atoms with van der Waals surface area (Å²) in [6.07, 6.45) is 5.08. The van der Waals surface area contributed by atoms with Gasteiger partial charge in [-0.2, -0.15) is 0 Å². The van der Waals surface area contributed by atoms with Crippen LogP contribution in [0.2, 0.25) is 0 Å². The normalized spacial score (nSPS) is 11.8. The Labute approximate surface area is 100.0 Å². The fourth-order valence-electron chi connectivity index (χ4n) is 1.13. The van der Waals surface area contributed by atoms with Crippen molar-refractivity contribution in [1.29, 1.82) is 0 Å². The maximum absolute atomic E-state index is 10.9. The summed E-state index contributed by atoms with van der Waals surface area (Å²) >= 11 is 5.35. The van der Waals surface area contributed by atoms with Crippen molar-refractivity contribution in [2.24, 2.45) is 4.99 Å². The van der Waals surface area contributed by atoms with Gasteiger partial charge in [0.1, 0.15) is 0 Å². The Kier molecular flexibility index (Phi) is 4.67. The highest BCUT2D eigenvalue weighted by Crippen LogP contribution is 2.08. The second-order valence-electron chi connectivity index (χ2n) is 3.14. The number of carbonyl (C=O) groups excluding carboxylic acids is 1. The molecule has 0 saturated carbocycles. The van der Waals surface area contributed by atoms with Crippen molar-refractivity contribution >= 4 is 22.6 Å². The molecule has 16 heavy (non-hydrogen) atoms. The van der Waals surface area contributed by atoms with E-state index < -0.39 is 5.24 Å². The van der Waals surface area contributed by atoms with Gasteiger partial charge in [0.15, 0.2) is 0 Å². The molecule has 1 aromatic carbocycles. The number of rotatable bonds is 4. The molecule has 2 nitrogen and oxygen atoms in total. The van der Waals surface area contributed by atoms with E-state index in [1.165, 1.54) is 0 Å². The third kappa shape index (κ3) is 3.48. The zero-order valence-electron chi connectivity index (χ0n) is 8.98. The Morgan fingerprint density at radius 1 is 1.31 bits per heavy atom. The van der Waals surface area contributed by atoms with Crippen LogP contribution in [0.15, 0.2) is 54.2 Å². The average molecular weight is 234 g/mol. The molecule has 0 atom stereocenters. The molecule has 0 aromatic heterocycles. The molecule has 0 spiro atoms. The number of allylic oxidation sites excluding steroid dienone is 2. The third-order valence-electron chi connectivity index (χ3n) is 2.02. The zero-order valence-corrected chi connectivity index (χ0v) is 9.74. The Balaban J connectivity index is 2.89. The van der Waals surface area contributed by atoms with Gasteiger partial charge in [0.05, 0.1) is 0 Å². The summed E-state index contributed by atoms with van der Waals surface area (Å²) in [6, 6.07) is 6.99. The van der Waals surface area contributed by atoms with Crippen LogP contribution in [0.25, 0.3) is 0 Å². The summed E-state index contributed by atoms with van der Waals surface area (Å²) in [5.74, 6) is 0. The molecule has 0 amide bonds. The van der Waals surface area contributed by atoms with Gasteiger partial charge < -0.3 is 0 Å². The van der Waals surface area contributed by atoms with Crippen molar-refractivity contribution in [3.05, 3.63) is 60.3 Å². The van der Waals surface area contributed by atoms with Crippen LogP contribution in [-0.4, -0.2) is 11.0 Å². The predicted octanol–water partition coefficient (Wildman–Crippen LogP) is 3.57. The minimum Gasteiger partial charge on any atom is -0.276 e.